The molecule has 1 aromatic heterocycles. The van der Waals surface area contributed by atoms with Gasteiger partial charge in [0.05, 0.1) is 12.9 Å². The summed E-state index contributed by atoms with van der Waals surface area (Å²) in [6, 6.07) is 4.36. The van der Waals surface area contributed by atoms with Crippen molar-refractivity contribution in [2.75, 3.05) is 19.8 Å². The van der Waals surface area contributed by atoms with Crippen LogP contribution in [0.15, 0.2) is 27.8 Å². The van der Waals surface area contributed by atoms with E-state index in [1.54, 1.807) is 6.26 Å². The number of aliphatic imine (C=N–C) groups is 1. The molecule has 1 heterocycles. The Balaban J connectivity index is 1.76. The van der Waals surface area contributed by atoms with E-state index in [0.717, 1.165) is 24.7 Å². The van der Waals surface area contributed by atoms with Gasteiger partial charge in [-0.05, 0) is 31.4 Å². The lowest BCUT2D eigenvalue weighted by Crippen LogP contribution is -2.43. The monoisotopic (exact) mass is 281 g/mol. The van der Waals surface area contributed by atoms with Gasteiger partial charge in [0.2, 0.25) is 0 Å². The lowest BCUT2D eigenvalue weighted by atomic mass is 10.2. The molecular formula is C15H24FN3O. The minimum atomic E-state index is -0.313. The average molecular weight is 281 g/mol. The minimum Gasteiger partial charge on any atom is -0.469 e. The highest BCUT2D eigenvalue weighted by atomic mass is 19.1. The Morgan fingerprint density at radius 2 is 2.25 bits per heavy atom. The molecule has 5 heteroatoms. The van der Waals surface area contributed by atoms with Gasteiger partial charge in [-0.25, -0.2) is 0 Å². The summed E-state index contributed by atoms with van der Waals surface area (Å²) in [7, 11) is 0. The summed E-state index contributed by atoms with van der Waals surface area (Å²) in [4.78, 5) is 4.42. The van der Waals surface area contributed by atoms with Gasteiger partial charge in [0.25, 0.3) is 0 Å². The first-order chi connectivity index (χ1) is 9.88. The Kier molecular flexibility index (Phi) is 6.41. The van der Waals surface area contributed by atoms with Gasteiger partial charge in [-0.2, -0.15) is 0 Å². The number of hydrogen-bond acceptors (Lipinski definition) is 2. The highest BCUT2D eigenvalue weighted by molar-refractivity contribution is 5.80. The van der Waals surface area contributed by atoms with E-state index in [1.807, 2.05) is 12.1 Å². The molecule has 1 aliphatic carbocycles. The molecule has 0 spiro atoms. The van der Waals surface area contributed by atoms with Crippen molar-refractivity contribution >= 4 is 5.96 Å². The molecule has 0 aromatic carbocycles. The van der Waals surface area contributed by atoms with E-state index in [4.69, 9.17) is 4.42 Å². The first-order valence-corrected chi connectivity index (χ1v) is 7.51. The molecule has 20 heavy (non-hydrogen) atoms. The highest BCUT2D eigenvalue weighted by Crippen LogP contribution is 2.17. The third-order valence-corrected chi connectivity index (χ3v) is 3.50. The molecule has 0 radical (unpaired) electrons. The third kappa shape index (κ3) is 5.23. The molecular weight excluding hydrogens is 257 g/mol. The number of alkyl halides is 1. The molecule has 1 saturated carbocycles. The van der Waals surface area contributed by atoms with Gasteiger partial charge in [0.15, 0.2) is 5.96 Å². The molecule has 0 saturated heterocycles. The zero-order valence-corrected chi connectivity index (χ0v) is 11.9. The van der Waals surface area contributed by atoms with Crippen LogP contribution in [0.1, 0.15) is 37.9 Å². The first-order valence-electron chi connectivity index (χ1n) is 7.51. The van der Waals surface area contributed by atoms with Gasteiger partial charge in [-0.15, -0.1) is 0 Å². The van der Waals surface area contributed by atoms with E-state index < -0.39 is 0 Å². The van der Waals surface area contributed by atoms with Crippen molar-refractivity contribution in [2.45, 2.75) is 44.6 Å². The average Bonchev–Trinajstić information content (AvgIpc) is 3.12. The number of nitrogens with zero attached hydrogens (tertiary/aromatic N) is 1. The van der Waals surface area contributed by atoms with Crippen LogP contribution in [0, 0.1) is 0 Å². The predicted octanol–water partition coefficient (Wildman–Crippen LogP) is 2.66. The fraction of sp³-hybridized carbons (Fsp3) is 0.667. The van der Waals surface area contributed by atoms with Crippen LogP contribution in [0.4, 0.5) is 4.39 Å². The SMILES string of the molecule is FCCCN=C(NCCc1ccco1)NC1CCCC1. The van der Waals surface area contributed by atoms with Crippen molar-refractivity contribution in [3.8, 4) is 0 Å². The second kappa shape index (κ2) is 8.61. The van der Waals surface area contributed by atoms with E-state index in [2.05, 4.69) is 15.6 Å². The smallest absolute Gasteiger partial charge is 0.191 e. The van der Waals surface area contributed by atoms with Crippen LogP contribution in [-0.2, 0) is 6.42 Å². The zero-order chi connectivity index (χ0) is 14.0. The maximum absolute atomic E-state index is 12.2. The second-order valence-corrected chi connectivity index (χ2v) is 5.15. The fourth-order valence-corrected chi connectivity index (χ4v) is 2.43. The quantitative estimate of drug-likeness (QED) is 0.459. The third-order valence-electron chi connectivity index (χ3n) is 3.50. The fourth-order valence-electron chi connectivity index (χ4n) is 2.43. The molecule has 112 valence electrons. The predicted molar refractivity (Wildman–Crippen MR) is 78.7 cm³/mol. The van der Waals surface area contributed by atoms with E-state index >= 15 is 0 Å². The largest absolute Gasteiger partial charge is 0.469 e. The standard InChI is InChI=1S/C15H24FN3O/c16-9-4-10-17-15(19-13-5-1-2-6-13)18-11-8-14-7-3-12-20-14/h3,7,12-13H,1-2,4-6,8-11H2,(H2,17,18,19). The van der Waals surface area contributed by atoms with Gasteiger partial charge in [-0.3, -0.25) is 9.38 Å². The van der Waals surface area contributed by atoms with Crippen molar-refractivity contribution in [2.24, 2.45) is 4.99 Å². The summed E-state index contributed by atoms with van der Waals surface area (Å²) in [5.74, 6) is 1.76. The molecule has 2 rings (SSSR count). The first kappa shape index (κ1) is 14.9. The number of furan rings is 1. The van der Waals surface area contributed by atoms with Gasteiger partial charge >= 0.3 is 0 Å². The number of nitrogens with one attached hydrogen (secondary N) is 2. The van der Waals surface area contributed by atoms with Crippen LogP contribution < -0.4 is 10.6 Å². The van der Waals surface area contributed by atoms with Gasteiger partial charge in [0.1, 0.15) is 5.76 Å². The van der Waals surface area contributed by atoms with Gasteiger partial charge in [-0.1, -0.05) is 12.8 Å². The highest BCUT2D eigenvalue weighted by Gasteiger charge is 2.15. The summed E-state index contributed by atoms with van der Waals surface area (Å²) in [6.45, 7) is 0.980. The second-order valence-electron chi connectivity index (χ2n) is 5.15. The van der Waals surface area contributed by atoms with Crippen LogP contribution in [-0.4, -0.2) is 31.8 Å². The molecule has 1 fully saturated rings. The van der Waals surface area contributed by atoms with Crippen molar-refractivity contribution in [3.63, 3.8) is 0 Å². The summed E-state index contributed by atoms with van der Waals surface area (Å²) < 4.78 is 17.5. The van der Waals surface area contributed by atoms with E-state index in [9.17, 15) is 4.39 Å². The van der Waals surface area contributed by atoms with Gasteiger partial charge in [0, 0.05) is 25.6 Å². The number of hydrogen-bond donors (Lipinski definition) is 2. The zero-order valence-electron chi connectivity index (χ0n) is 11.9. The molecule has 0 atom stereocenters. The molecule has 0 aliphatic heterocycles. The van der Waals surface area contributed by atoms with E-state index in [1.165, 1.54) is 25.7 Å². The maximum Gasteiger partial charge on any atom is 0.191 e. The summed E-state index contributed by atoms with van der Waals surface area (Å²) in [5, 5.41) is 6.74. The molecule has 1 aliphatic rings. The Morgan fingerprint density at radius 3 is 2.95 bits per heavy atom. The number of halogens is 1. The minimum absolute atomic E-state index is 0.313. The van der Waals surface area contributed by atoms with Crippen molar-refractivity contribution in [1.82, 2.24) is 10.6 Å². The Bertz CT molecular complexity index is 386. The lowest BCUT2D eigenvalue weighted by Gasteiger charge is -2.17. The van der Waals surface area contributed by atoms with E-state index in [-0.39, 0.29) is 6.67 Å². The topological polar surface area (TPSA) is 49.6 Å². The van der Waals surface area contributed by atoms with Crippen molar-refractivity contribution in [3.05, 3.63) is 24.2 Å². The normalized spacial score (nSPS) is 16.6. The van der Waals surface area contributed by atoms with Crippen molar-refractivity contribution in [1.29, 1.82) is 0 Å². The maximum atomic E-state index is 12.2. The Labute approximate surface area is 119 Å². The lowest BCUT2D eigenvalue weighted by molar-refractivity contribution is 0.476. The number of rotatable bonds is 7. The Morgan fingerprint density at radius 1 is 1.40 bits per heavy atom. The van der Waals surface area contributed by atoms with Crippen LogP contribution >= 0.6 is 0 Å². The van der Waals surface area contributed by atoms with Crippen LogP contribution in [0.3, 0.4) is 0 Å². The molecule has 2 N–H and O–H groups in total. The Hall–Kier alpha value is -1.52. The summed E-state index contributed by atoms with van der Waals surface area (Å²) in [6.07, 6.45) is 7.94. The number of guanidine groups is 1. The van der Waals surface area contributed by atoms with Crippen LogP contribution in [0.5, 0.6) is 0 Å². The van der Waals surface area contributed by atoms with Crippen LogP contribution in [0.2, 0.25) is 0 Å². The summed E-state index contributed by atoms with van der Waals surface area (Å²) in [5.41, 5.74) is 0. The molecule has 0 unspecified atom stereocenters. The van der Waals surface area contributed by atoms with Crippen LogP contribution in [0.25, 0.3) is 0 Å². The molecule has 0 bridgehead atoms. The van der Waals surface area contributed by atoms with Crippen molar-refractivity contribution < 1.29 is 8.81 Å². The summed E-state index contributed by atoms with van der Waals surface area (Å²) >= 11 is 0. The molecule has 0 amide bonds. The molecule has 4 nitrogen and oxygen atoms in total. The van der Waals surface area contributed by atoms with Gasteiger partial charge < -0.3 is 15.1 Å². The molecule has 1 aromatic rings. The van der Waals surface area contributed by atoms with E-state index in [0.29, 0.717) is 19.0 Å².